The lowest BCUT2D eigenvalue weighted by Gasteiger charge is -2.36. The second-order valence-electron chi connectivity index (χ2n) is 8.65. The highest BCUT2D eigenvalue weighted by atomic mass is 16.6. The van der Waals surface area contributed by atoms with E-state index in [1.807, 2.05) is 11.1 Å². The summed E-state index contributed by atoms with van der Waals surface area (Å²) < 4.78 is 4.97. The maximum atomic E-state index is 13.0. The number of rotatable bonds is 5. The minimum atomic E-state index is -0.541. The van der Waals surface area contributed by atoms with Crippen LogP contribution in [0.1, 0.15) is 40.2 Å². The van der Waals surface area contributed by atoms with E-state index in [-0.39, 0.29) is 19.1 Å². The van der Waals surface area contributed by atoms with Crippen LogP contribution in [0, 0.1) is 6.92 Å². The third-order valence-electron chi connectivity index (χ3n) is 6.40. The van der Waals surface area contributed by atoms with Gasteiger partial charge < -0.3 is 19.6 Å². The summed E-state index contributed by atoms with van der Waals surface area (Å²) in [6.45, 7) is 4.69. The number of aliphatic hydroxyl groups is 1. The number of pyridine rings is 2. The molecule has 1 unspecified atom stereocenters. The Morgan fingerprint density at radius 2 is 1.94 bits per heavy atom. The van der Waals surface area contributed by atoms with Crippen molar-refractivity contribution in [3.05, 3.63) is 47.3 Å². The van der Waals surface area contributed by atoms with Crippen LogP contribution in [0.5, 0.6) is 0 Å². The molecule has 2 aromatic heterocycles. The number of aliphatic hydroxyl groups excluding tert-OH is 1. The average molecular weight is 438 g/mol. The van der Waals surface area contributed by atoms with Crippen LogP contribution >= 0.6 is 0 Å². The number of aryl methyl sites for hydroxylation is 1. The predicted octanol–water partition coefficient (Wildman–Crippen LogP) is 1.94. The van der Waals surface area contributed by atoms with Crippen LogP contribution in [0.2, 0.25) is 0 Å². The molecule has 1 N–H and O–H groups in total. The largest absolute Gasteiger partial charge is 0.447 e. The molecule has 2 saturated heterocycles. The van der Waals surface area contributed by atoms with Gasteiger partial charge in [0.15, 0.2) is 0 Å². The number of hydrogen-bond acceptors (Lipinski definition) is 7. The van der Waals surface area contributed by atoms with Crippen molar-refractivity contribution in [2.75, 3.05) is 49.2 Å². The molecular formula is C23H27N5O4. The van der Waals surface area contributed by atoms with Crippen LogP contribution < -0.4 is 9.80 Å². The van der Waals surface area contributed by atoms with E-state index in [9.17, 15) is 14.7 Å². The topological polar surface area (TPSA) is 99.1 Å². The molecule has 2 aromatic rings. The second-order valence-corrected chi connectivity index (χ2v) is 8.65. The molecule has 2 aliphatic heterocycles. The summed E-state index contributed by atoms with van der Waals surface area (Å²) in [7, 11) is 0. The number of piperazine rings is 1. The average Bonchev–Trinajstić information content (AvgIpc) is 3.61. The van der Waals surface area contributed by atoms with Crippen LogP contribution in [0.4, 0.5) is 16.4 Å². The zero-order valence-corrected chi connectivity index (χ0v) is 18.1. The highest BCUT2D eigenvalue weighted by Gasteiger charge is 2.35. The molecule has 168 valence electrons. The molecule has 1 aliphatic carbocycles. The summed E-state index contributed by atoms with van der Waals surface area (Å²) in [5.41, 5.74) is 3.00. The lowest BCUT2D eigenvalue weighted by molar-refractivity contribution is 0.0746. The molecule has 5 rings (SSSR count). The van der Waals surface area contributed by atoms with E-state index in [2.05, 4.69) is 22.9 Å². The number of carbonyl (C=O) groups excluding carboxylic acids is 2. The summed E-state index contributed by atoms with van der Waals surface area (Å²) in [4.78, 5) is 39.2. The third-order valence-corrected chi connectivity index (χ3v) is 6.40. The fourth-order valence-corrected chi connectivity index (χ4v) is 4.39. The van der Waals surface area contributed by atoms with Crippen molar-refractivity contribution in [3.8, 4) is 0 Å². The summed E-state index contributed by atoms with van der Waals surface area (Å²) in [5.74, 6) is 1.98. The zero-order chi connectivity index (χ0) is 22.2. The van der Waals surface area contributed by atoms with Crippen molar-refractivity contribution in [1.82, 2.24) is 14.9 Å². The molecule has 1 atom stereocenters. The van der Waals surface area contributed by atoms with Crippen LogP contribution in [0.15, 0.2) is 30.6 Å². The molecule has 0 aromatic carbocycles. The van der Waals surface area contributed by atoms with Gasteiger partial charge in [0.05, 0.1) is 18.2 Å². The predicted molar refractivity (Wildman–Crippen MR) is 118 cm³/mol. The van der Waals surface area contributed by atoms with E-state index in [1.54, 1.807) is 12.1 Å². The molecule has 4 heterocycles. The first-order chi connectivity index (χ1) is 15.5. The third kappa shape index (κ3) is 3.88. The van der Waals surface area contributed by atoms with E-state index < -0.39 is 12.1 Å². The van der Waals surface area contributed by atoms with Crippen LogP contribution in [-0.2, 0) is 4.74 Å². The van der Waals surface area contributed by atoms with Gasteiger partial charge in [0.25, 0.3) is 5.91 Å². The summed E-state index contributed by atoms with van der Waals surface area (Å²) in [5, 5.41) is 9.42. The maximum Gasteiger partial charge on any atom is 0.416 e. The molecule has 0 radical (unpaired) electrons. The Bertz CT molecular complexity index is 1020. The SMILES string of the molecule is Cc1cc(C2CC2)cnc1N1CCN(C(=O)c2ccc(N3C(=O)OCC3CO)nc2)CC1. The summed E-state index contributed by atoms with van der Waals surface area (Å²) in [6.07, 6.45) is 5.47. The van der Waals surface area contributed by atoms with Gasteiger partial charge in [-0.25, -0.2) is 14.8 Å². The Morgan fingerprint density at radius 1 is 1.16 bits per heavy atom. The van der Waals surface area contributed by atoms with E-state index in [1.165, 1.54) is 35.1 Å². The van der Waals surface area contributed by atoms with Crippen LogP contribution in [-0.4, -0.2) is 77.4 Å². The molecule has 32 heavy (non-hydrogen) atoms. The van der Waals surface area contributed by atoms with Crippen LogP contribution in [0.3, 0.4) is 0 Å². The lowest BCUT2D eigenvalue weighted by Crippen LogP contribution is -2.49. The number of anilines is 2. The smallest absolute Gasteiger partial charge is 0.416 e. The lowest BCUT2D eigenvalue weighted by atomic mass is 10.1. The number of amides is 2. The standard InChI is InChI=1S/C23H27N5O4/c1-15-10-18(16-2-3-16)12-25-21(15)26-6-8-27(9-7-26)22(30)17-4-5-20(24-11-17)28-19(13-29)14-32-23(28)31/h4-5,10-12,16,19,29H,2-3,6-9,13-14H2,1H3. The molecule has 2 amide bonds. The van der Waals surface area contributed by atoms with Gasteiger partial charge in [-0.1, -0.05) is 6.07 Å². The summed E-state index contributed by atoms with van der Waals surface area (Å²) in [6, 6.07) is 5.08. The summed E-state index contributed by atoms with van der Waals surface area (Å²) >= 11 is 0. The molecule has 9 heteroatoms. The van der Waals surface area contributed by atoms with Gasteiger partial charge in [0.1, 0.15) is 18.2 Å². The zero-order valence-electron chi connectivity index (χ0n) is 18.1. The van der Waals surface area contributed by atoms with Gasteiger partial charge in [-0.15, -0.1) is 0 Å². The monoisotopic (exact) mass is 437 g/mol. The highest BCUT2D eigenvalue weighted by Crippen LogP contribution is 2.40. The van der Waals surface area contributed by atoms with E-state index in [4.69, 9.17) is 9.72 Å². The van der Waals surface area contributed by atoms with Gasteiger partial charge in [-0.2, -0.15) is 0 Å². The minimum absolute atomic E-state index is 0.0832. The first-order valence-electron chi connectivity index (χ1n) is 11.1. The first-order valence-corrected chi connectivity index (χ1v) is 11.1. The number of ether oxygens (including phenoxy) is 1. The van der Waals surface area contributed by atoms with E-state index in [0.717, 1.165) is 18.9 Å². The van der Waals surface area contributed by atoms with Crippen molar-refractivity contribution < 1.29 is 19.4 Å². The maximum absolute atomic E-state index is 13.0. The first kappa shape index (κ1) is 20.7. The van der Waals surface area contributed by atoms with Crippen LogP contribution in [0.25, 0.3) is 0 Å². The number of hydrogen-bond donors (Lipinski definition) is 1. The number of carbonyl (C=O) groups is 2. The van der Waals surface area contributed by atoms with Crippen molar-refractivity contribution in [1.29, 1.82) is 0 Å². The fraction of sp³-hybridized carbons (Fsp3) is 0.478. The van der Waals surface area contributed by atoms with Gasteiger partial charge in [0, 0.05) is 38.6 Å². The molecule has 0 spiro atoms. The number of nitrogens with zero attached hydrogens (tertiary/aromatic N) is 5. The number of aromatic nitrogens is 2. The Hall–Kier alpha value is -3.20. The van der Waals surface area contributed by atoms with Crippen molar-refractivity contribution >= 4 is 23.6 Å². The fourth-order valence-electron chi connectivity index (χ4n) is 4.39. The Labute approximate surface area is 186 Å². The quantitative estimate of drug-likeness (QED) is 0.763. The minimum Gasteiger partial charge on any atom is -0.447 e. The van der Waals surface area contributed by atoms with Gasteiger partial charge in [-0.3, -0.25) is 9.69 Å². The van der Waals surface area contributed by atoms with Crippen molar-refractivity contribution in [2.24, 2.45) is 0 Å². The molecule has 3 aliphatic rings. The molecule has 9 nitrogen and oxygen atoms in total. The Morgan fingerprint density at radius 3 is 2.56 bits per heavy atom. The Balaban J connectivity index is 1.21. The van der Waals surface area contributed by atoms with Crippen molar-refractivity contribution in [2.45, 2.75) is 31.7 Å². The van der Waals surface area contributed by atoms with E-state index >= 15 is 0 Å². The van der Waals surface area contributed by atoms with Gasteiger partial charge in [-0.05, 0) is 48.9 Å². The normalized spacial score (nSPS) is 21.1. The highest BCUT2D eigenvalue weighted by molar-refractivity contribution is 5.95. The molecule has 1 saturated carbocycles. The molecular weight excluding hydrogens is 410 g/mol. The molecule has 3 fully saturated rings. The van der Waals surface area contributed by atoms with Crippen molar-refractivity contribution in [3.63, 3.8) is 0 Å². The molecule has 0 bridgehead atoms. The second kappa shape index (κ2) is 8.38. The van der Waals surface area contributed by atoms with Gasteiger partial charge >= 0.3 is 6.09 Å². The number of cyclic esters (lactones) is 1. The van der Waals surface area contributed by atoms with Gasteiger partial charge in [0.2, 0.25) is 0 Å². The van der Waals surface area contributed by atoms with E-state index in [0.29, 0.717) is 30.4 Å². The Kier molecular flexibility index (Phi) is 5.42.